The van der Waals surface area contributed by atoms with Crippen LogP contribution in [0.2, 0.25) is 10.0 Å². The molecule has 2 N–H and O–H groups in total. The van der Waals surface area contributed by atoms with Crippen molar-refractivity contribution in [1.82, 2.24) is 5.32 Å². The lowest BCUT2D eigenvalue weighted by molar-refractivity contribution is -0.384. The van der Waals surface area contributed by atoms with Gasteiger partial charge in [-0.25, -0.2) is 0 Å². The van der Waals surface area contributed by atoms with Crippen molar-refractivity contribution < 1.29 is 9.66 Å². The summed E-state index contributed by atoms with van der Waals surface area (Å²) in [6.07, 6.45) is 0. The Balaban J connectivity index is 1.49. The van der Waals surface area contributed by atoms with Crippen molar-refractivity contribution in [3.05, 3.63) is 98.0 Å². The molecule has 0 aliphatic heterocycles. The first-order chi connectivity index (χ1) is 14.5. The van der Waals surface area contributed by atoms with Crippen molar-refractivity contribution in [2.45, 2.75) is 13.2 Å². The fraction of sp³-hybridized carbons (Fsp3) is 0.182. The molecule has 30 heavy (non-hydrogen) atoms. The first-order valence-corrected chi connectivity index (χ1v) is 10.1. The predicted molar refractivity (Wildman–Crippen MR) is 121 cm³/mol. The summed E-state index contributed by atoms with van der Waals surface area (Å²) in [5, 5.41) is 18.6. The third-order valence-corrected chi connectivity index (χ3v) is 4.99. The minimum absolute atomic E-state index is 0.0731. The number of nitrogens with zero attached hydrogens (tertiary/aromatic N) is 1. The molecule has 0 spiro atoms. The van der Waals surface area contributed by atoms with Gasteiger partial charge in [0, 0.05) is 58.6 Å². The molecule has 0 aromatic heterocycles. The Morgan fingerprint density at radius 2 is 1.70 bits per heavy atom. The second-order valence-corrected chi connectivity index (χ2v) is 7.38. The summed E-state index contributed by atoms with van der Waals surface area (Å²) >= 11 is 12.3. The van der Waals surface area contributed by atoms with E-state index in [9.17, 15) is 10.1 Å². The Morgan fingerprint density at radius 1 is 0.933 bits per heavy atom. The summed E-state index contributed by atoms with van der Waals surface area (Å²) in [6, 6.07) is 19.4. The standard InChI is InChI=1S/C22H21Cl2N3O3/c23-18-5-10-22(30-15-16-3-1-2-4-21(16)24)17(13-18)14-25-11-12-26-19-6-8-20(9-7-19)27(28)29/h1-10,13,25-26H,11-12,14-15H2. The largest absolute Gasteiger partial charge is 0.489 e. The number of hydrogen-bond acceptors (Lipinski definition) is 5. The second-order valence-electron chi connectivity index (χ2n) is 6.54. The highest BCUT2D eigenvalue weighted by Crippen LogP contribution is 2.25. The van der Waals surface area contributed by atoms with Gasteiger partial charge in [-0.15, -0.1) is 0 Å². The van der Waals surface area contributed by atoms with Gasteiger partial charge in [0.05, 0.1) is 4.92 Å². The summed E-state index contributed by atoms with van der Waals surface area (Å²) in [5.74, 6) is 0.746. The van der Waals surface area contributed by atoms with Crippen LogP contribution >= 0.6 is 23.2 Å². The monoisotopic (exact) mass is 445 g/mol. The van der Waals surface area contributed by atoms with Gasteiger partial charge in [0.25, 0.3) is 5.69 Å². The van der Waals surface area contributed by atoms with Crippen LogP contribution in [-0.2, 0) is 13.2 Å². The SMILES string of the molecule is O=[N+]([O-])c1ccc(NCCNCc2cc(Cl)ccc2OCc2ccccc2Cl)cc1. The molecule has 8 heteroatoms. The van der Waals surface area contributed by atoms with E-state index in [1.165, 1.54) is 12.1 Å². The molecule has 3 aromatic carbocycles. The second kappa shape index (κ2) is 10.8. The lowest BCUT2D eigenvalue weighted by atomic mass is 10.2. The number of ether oxygens (including phenoxy) is 1. The summed E-state index contributed by atoms with van der Waals surface area (Å²) in [7, 11) is 0. The molecule has 0 amide bonds. The lowest BCUT2D eigenvalue weighted by Crippen LogP contribution is -2.22. The first-order valence-electron chi connectivity index (χ1n) is 9.36. The summed E-state index contributed by atoms with van der Waals surface area (Å²) in [5.41, 5.74) is 2.77. The Hall–Kier alpha value is -2.80. The van der Waals surface area contributed by atoms with Crippen LogP contribution < -0.4 is 15.4 Å². The topological polar surface area (TPSA) is 76.4 Å². The summed E-state index contributed by atoms with van der Waals surface area (Å²) in [6.45, 7) is 2.30. The van der Waals surface area contributed by atoms with Gasteiger partial charge >= 0.3 is 0 Å². The zero-order chi connectivity index (χ0) is 21.3. The number of hydrogen-bond donors (Lipinski definition) is 2. The molecule has 156 valence electrons. The lowest BCUT2D eigenvalue weighted by Gasteiger charge is -2.14. The van der Waals surface area contributed by atoms with Crippen molar-refractivity contribution in [2.75, 3.05) is 18.4 Å². The van der Waals surface area contributed by atoms with E-state index in [1.54, 1.807) is 18.2 Å². The third-order valence-electron chi connectivity index (χ3n) is 4.39. The zero-order valence-corrected chi connectivity index (χ0v) is 17.6. The van der Waals surface area contributed by atoms with Crippen LogP contribution in [-0.4, -0.2) is 18.0 Å². The molecule has 6 nitrogen and oxygen atoms in total. The molecule has 0 aliphatic rings. The molecule has 0 saturated carbocycles. The van der Waals surface area contributed by atoms with Crippen LogP contribution in [0, 0.1) is 10.1 Å². The molecule has 0 aliphatic carbocycles. The van der Waals surface area contributed by atoms with Gasteiger partial charge < -0.3 is 15.4 Å². The zero-order valence-electron chi connectivity index (χ0n) is 16.1. The molecular formula is C22H21Cl2N3O3. The maximum absolute atomic E-state index is 10.7. The number of rotatable bonds is 10. The highest BCUT2D eigenvalue weighted by atomic mass is 35.5. The van der Waals surface area contributed by atoms with E-state index in [0.29, 0.717) is 36.3 Å². The van der Waals surface area contributed by atoms with Gasteiger partial charge in [-0.1, -0.05) is 41.4 Å². The van der Waals surface area contributed by atoms with Crippen molar-refractivity contribution in [3.63, 3.8) is 0 Å². The molecule has 0 saturated heterocycles. The van der Waals surface area contributed by atoms with Crippen LogP contribution in [0.25, 0.3) is 0 Å². The number of non-ortho nitro benzene ring substituents is 1. The van der Waals surface area contributed by atoms with E-state index >= 15 is 0 Å². The Morgan fingerprint density at radius 3 is 2.43 bits per heavy atom. The van der Waals surface area contributed by atoms with Crippen LogP contribution in [0.5, 0.6) is 5.75 Å². The van der Waals surface area contributed by atoms with Crippen molar-refractivity contribution in [1.29, 1.82) is 0 Å². The Labute approximate surface area is 184 Å². The van der Waals surface area contributed by atoms with Gasteiger partial charge in [0.15, 0.2) is 0 Å². The summed E-state index contributed by atoms with van der Waals surface area (Å²) in [4.78, 5) is 10.3. The molecule has 0 fully saturated rings. The van der Waals surface area contributed by atoms with E-state index in [1.807, 2.05) is 36.4 Å². The molecule has 0 radical (unpaired) electrons. The van der Waals surface area contributed by atoms with Gasteiger partial charge in [-0.3, -0.25) is 10.1 Å². The Kier molecular flexibility index (Phi) is 7.90. The normalized spacial score (nSPS) is 10.6. The molecule has 3 aromatic rings. The van der Waals surface area contributed by atoms with Crippen molar-refractivity contribution >= 4 is 34.6 Å². The van der Waals surface area contributed by atoms with Crippen LogP contribution in [0.3, 0.4) is 0 Å². The average Bonchev–Trinajstić information content (AvgIpc) is 2.74. The number of nitro groups is 1. The molecule has 3 rings (SSSR count). The maximum atomic E-state index is 10.7. The van der Waals surface area contributed by atoms with Gasteiger partial charge in [-0.2, -0.15) is 0 Å². The van der Waals surface area contributed by atoms with Gasteiger partial charge in [0.1, 0.15) is 12.4 Å². The van der Waals surface area contributed by atoms with Crippen LogP contribution in [0.15, 0.2) is 66.7 Å². The molecule has 0 atom stereocenters. The first kappa shape index (κ1) is 21.9. The van der Waals surface area contributed by atoms with Gasteiger partial charge in [0.2, 0.25) is 0 Å². The number of benzene rings is 3. The molecule has 0 bridgehead atoms. The smallest absolute Gasteiger partial charge is 0.269 e. The Bertz CT molecular complexity index is 997. The van der Waals surface area contributed by atoms with E-state index < -0.39 is 4.92 Å². The fourth-order valence-electron chi connectivity index (χ4n) is 2.82. The molecule has 0 unspecified atom stereocenters. The minimum Gasteiger partial charge on any atom is -0.489 e. The number of halogens is 2. The van der Waals surface area contributed by atoms with Crippen molar-refractivity contribution in [2.24, 2.45) is 0 Å². The van der Waals surface area contributed by atoms with Gasteiger partial charge in [-0.05, 0) is 36.4 Å². The van der Waals surface area contributed by atoms with E-state index in [4.69, 9.17) is 27.9 Å². The van der Waals surface area contributed by atoms with Crippen LogP contribution in [0.4, 0.5) is 11.4 Å². The highest BCUT2D eigenvalue weighted by molar-refractivity contribution is 6.31. The van der Waals surface area contributed by atoms with E-state index in [0.717, 1.165) is 22.6 Å². The number of nitro benzene ring substituents is 1. The predicted octanol–water partition coefficient (Wildman–Crippen LogP) is 5.68. The van der Waals surface area contributed by atoms with Crippen LogP contribution in [0.1, 0.15) is 11.1 Å². The van der Waals surface area contributed by atoms with Crippen molar-refractivity contribution in [3.8, 4) is 5.75 Å². The molecular weight excluding hydrogens is 425 g/mol. The highest BCUT2D eigenvalue weighted by Gasteiger charge is 2.07. The number of nitrogens with one attached hydrogen (secondary N) is 2. The van der Waals surface area contributed by atoms with E-state index in [2.05, 4.69) is 10.6 Å². The quantitative estimate of drug-likeness (QED) is 0.238. The minimum atomic E-state index is -0.415. The third kappa shape index (κ3) is 6.35. The number of anilines is 1. The van der Waals surface area contributed by atoms with E-state index in [-0.39, 0.29) is 5.69 Å². The molecule has 0 heterocycles. The average molecular weight is 446 g/mol. The summed E-state index contributed by atoms with van der Waals surface area (Å²) < 4.78 is 5.96. The fourth-order valence-corrected chi connectivity index (χ4v) is 3.20. The maximum Gasteiger partial charge on any atom is 0.269 e.